The van der Waals surface area contributed by atoms with E-state index in [0.29, 0.717) is 12.8 Å². The van der Waals surface area contributed by atoms with Crippen LogP contribution < -0.4 is 0 Å². The molecule has 8 nitrogen and oxygen atoms in total. The van der Waals surface area contributed by atoms with E-state index in [9.17, 15) is 40.9 Å². The van der Waals surface area contributed by atoms with Gasteiger partial charge in [-0.3, -0.25) is 0 Å². The van der Waals surface area contributed by atoms with Gasteiger partial charge in [0.25, 0.3) is 0 Å². The number of hydrogen-bond acceptors (Lipinski definition) is 8. The molecule has 0 saturated heterocycles. The van der Waals surface area contributed by atoms with E-state index in [1.54, 1.807) is 0 Å². The highest BCUT2D eigenvalue weighted by Gasteiger charge is 2.68. The Balaban J connectivity index is 2.87. The van der Waals surface area contributed by atoms with E-state index in [1.807, 2.05) is 0 Å². The van der Waals surface area contributed by atoms with Crippen molar-refractivity contribution in [3.05, 3.63) is 0 Å². The van der Waals surface area contributed by atoms with Crippen molar-refractivity contribution >= 4 is 0 Å². The molecule has 336 valence electrons. The molecule has 0 aromatic carbocycles. The fourth-order valence-corrected chi connectivity index (χ4v) is 10.5. The van der Waals surface area contributed by atoms with E-state index in [0.717, 1.165) is 38.5 Å². The first-order valence-corrected chi connectivity index (χ1v) is 24.3. The SMILES string of the molecule is OCC1(CO)CCCCCCCCCCCCCCCCCCCCCCCCCCCCCCCCCCCCC(CO)(CO)C(CO)(CO)C1(CO)CO. The Morgan fingerprint density at radius 2 is 0.304 bits per heavy atom. The second kappa shape index (κ2) is 34.4. The van der Waals surface area contributed by atoms with E-state index >= 15 is 0 Å². The lowest BCUT2D eigenvalue weighted by Gasteiger charge is -2.63. The van der Waals surface area contributed by atoms with Gasteiger partial charge in [-0.2, -0.15) is 0 Å². The van der Waals surface area contributed by atoms with Crippen LogP contribution in [0.1, 0.15) is 231 Å². The van der Waals surface area contributed by atoms with Crippen molar-refractivity contribution in [1.29, 1.82) is 0 Å². The average Bonchev–Trinajstić information content (AvgIpc) is 3.23. The zero-order valence-electron chi connectivity index (χ0n) is 36.7. The van der Waals surface area contributed by atoms with Crippen LogP contribution in [0, 0.1) is 21.7 Å². The van der Waals surface area contributed by atoms with Gasteiger partial charge in [-0.25, -0.2) is 0 Å². The van der Waals surface area contributed by atoms with Gasteiger partial charge >= 0.3 is 0 Å². The van der Waals surface area contributed by atoms with Gasteiger partial charge in [-0.15, -0.1) is 0 Å². The predicted octanol–water partition coefficient (Wildman–Crippen LogP) is 9.93. The largest absolute Gasteiger partial charge is 0.396 e. The van der Waals surface area contributed by atoms with Gasteiger partial charge < -0.3 is 40.9 Å². The zero-order valence-corrected chi connectivity index (χ0v) is 36.7. The Morgan fingerprint density at radius 1 is 0.179 bits per heavy atom. The number of rotatable bonds is 8. The Labute approximate surface area is 345 Å². The molecule has 1 saturated carbocycles. The van der Waals surface area contributed by atoms with Crippen LogP contribution in [0.3, 0.4) is 0 Å². The van der Waals surface area contributed by atoms with Gasteiger partial charge in [0.2, 0.25) is 0 Å². The van der Waals surface area contributed by atoms with Crippen LogP contribution >= 0.6 is 0 Å². The molecule has 8 N–H and O–H groups in total. The van der Waals surface area contributed by atoms with Gasteiger partial charge in [0.05, 0.1) is 52.9 Å². The van der Waals surface area contributed by atoms with Crippen molar-refractivity contribution in [2.24, 2.45) is 21.7 Å². The molecule has 0 aromatic heterocycles. The minimum Gasteiger partial charge on any atom is -0.396 e. The van der Waals surface area contributed by atoms with Crippen molar-refractivity contribution in [3.63, 3.8) is 0 Å². The second-order valence-corrected chi connectivity index (χ2v) is 18.5. The molecule has 0 aromatic rings. The maximum atomic E-state index is 11.1. The molecule has 0 unspecified atom stereocenters. The average molecular weight is 801 g/mol. The maximum absolute atomic E-state index is 11.1. The molecule has 0 atom stereocenters. The first-order chi connectivity index (χ1) is 27.4. The normalized spacial score (nSPS) is 24.4. The third-order valence-electron chi connectivity index (χ3n) is 14.8. The van der Waals surface area contributed by atoms with E-state index in [2.05, 4.69) is 0 Å². The summed E-state index contributed by atoms with van der Waals surface area (Å²) in [5.74, 6) is 0. The highest BCUT2D eigenvalue weighted by molar-refractivity contribution is 5.14. The van der Waals surface area contributed by atoms with Crippen LogP contribution in [0.2, 0.25) is 0 Å². The summed E-state index contributed by atoms with van der Waals surface area (Å²) < 4.78 is 0. The van der Waals surface area contributed by atoms with Crippen LogP contribution in [0.4, 0.5) is 0 Å². The lowest BCUT2D eigenvalue weighted by Crippen LogP contribution is -2.70. The van der Waals surface area contributed by atoms with Gasteiger partial charge in [-0.1, -0.05) is 218 Å². The second-order valence-electron chi connectivity index (χ2n) is 18.5. The molecule has 0 radical (unpaired) electrons. The number of aliphatic hydroxyl groups excluding tert-OH is 8. The highest BCUT2D eigenvalue weighted by atomic mass is 16.3. The quantitative estimate of drug-likeness (QED) is 0.120. The Kier molecular flexibility index (Phi) is 33.0. The standard InChI is InChI=1S/C48H96O8/c49-37-45(38-50)35-33-31-29-27-25-23-21-19-17-15-13-11-9-7-5-3-1-2-4-6-8-10-12-14-16-18-20-22-24-26-28-30-32-34-36-46(39-51,40-52)48(43-55,44-56)47(45,41-53)42-54/h49-56H,1-44H2. The summed E-state index contributed by atoms with van der Waals surface area (Å²) in [6, 6.07) is 0. The Bertz CT molecular complexity index is 769. The van der Waals surface area contributed by atoms with Crippen molar-refractivity contribution in [3.8, 4) is 0 Å². The minimum absolute atomic E-state index is 0.260. The van der Waals surface area contributed by atoms with E-state index in [4.69, 9.17) is 0 Å². The van der Waals surface area contributed by atoms with Crippen molar-refractivity contribution in [2.45, 2.75) is 231 Å². The summed E-state index contributed by atoms with van der Waals surface area (Å²) in [6.07, 6.45) is 42.7. The van der Waals surface area contributed by atoms with Crippen LogP contribution in [0.5, 0.6) is 0 Å². The van der Waals surface area contributed by atoms with Crippen molar-refractivity contribution < 1.29 is 40.9 Å². The van der Waals surface area contributed by atoms with Crippen LogP contribution in [0.15, 0.2) is 0 Å². The van der Waals surface area contributed by atoms with E-state index in [-0.39, 0.29) is 12.8 Å². The topological polar surface area (TPSA) is 162 Å². The molecular weight excluding hydrogens is 705 g/mol. The predicted molar refractivity (Wildman–Crippen MR) is 233 cm³/mol. The molecule has 0 bridgehead atoms. The molecule has 0 aliphatic heterocycles. The van der Waals surface area contributed by atoms with Crippen molar-refractivity contribution in [1.82, 2.24) is 0 Å². The lowest BCUT2D eigenvalue weighted by molar-refractivity contribution is -0.268. The first kappa shape index (κ1) is 53.7. The summed E-state index contributed by atoms with van der Waals surface area (Å²) in [5.41, 5.74) is -6.51. The smallest absolute Gasteiger partial charge is 0.0523 e. The Hall–Kier alpha value is -0.320. The summed E-state index contributed by atoms with van der Waals surface area (Å²) in [4.78, 5) is 0. The summed E-state index contributed by atoms with van der Waals surface area (Å²) in [5, 5.41) is 88.1. The minimum atomic E-state index is -1.79. The molecule has 8 heteroatoms. The maximum Gasteiger partial charge on any atom is 0.0523 e. The summed E-state index contributed by atoms with van der Waals surface area (Å²) in [7, 11) is 0. The number of hydrogen-bond donors (Lipinski definition) is 8. The number of aliphatic hydroxyl groups is 8. The first-order valence-electron chi connectivity index (χ1n) is 24.3. The lowest BCUT2D eigenvalue weighted by atomic mass is 9.42. The molecule has 56 heavy (non-hydrogen) atoms. The fraction of sp³-hybridized carbons (Fsp3) is 1.00. The van der Waals surface area contributed by atoms with Gasteiger partial charge in [0.15, 0.2) is 0 Å². The van der Waals surface area contributed by atoms with Crippen molar-refractivity contribution in [2.75, 3.05) is 52.9 Å². The Morgan fingerprint density at radius 3 is 0.411 bits per heavy atom. The monoisotopic (exact) mass is 801 g/mol. The molecular formula is C48H96O8. The van der Waals surface area contributed by atoms with Crippen LogP contribution in [-0.4, -0.2) is 93.7 Å². The third kappa shape index (κ3) is 17.7. The summed E-state index contributed by atoms with van der Waals surface area (Å²) >= 11 is 0. The molecule has 1 aliphatic rings. The zero-order chi connectivity index (χ0) is 41.1. The van der Waals surface area contributed by atoms with E-state index in [1.165, 1.54) is 167 Å². The van der Waals surface area contributed by atoms with Gasteiger partial charge in [0.1, 0.15) is 0 Å². The molecule has 0 amide bonds. The molecule has 1 aliphatic carbocycles. The van der Waals surface area contributed by atoms with Gasteiger partial charge in [0, 0.05) is 21.7 Å². The summed E-state index contributed by atoms with van der Waals surface area (Å²) in [6.45, 7) is -5.31. The van der Waals surface area contributed by atoms with Gasteiger partial charge in [-0.05, 0) is 12.8 Å². The van der Waals surface area contributed by atoms with E-state index < -0.39 is 74.5 Å². The van der Waals surface area contributed by atoms with Crippen LogP contribution in [-0.2, 0) is 0 Å². The molecule has 0 spiro atoms. The molecule has 1 fully saturated rings. The fourth-order valence-electron chi connectivity index (χ4n) is 10.5. The third-order valence-corrected chi connectivity index (χ3v) is 14.8. The highest BCUT2D eigenvalue weighted by Crippen LogP contribution is 2.62. The molecule has 0 heterocycles. The van der Waals surface area contributed by atoms with Crippen LogP contribution in [0.25, 0.3) is 0 Å². The molecule has 1 rings (SSSR count).